The van der Waals surface area contributed by atoms with Crippen molar-refractivity contribution < 1.29 is 32.1 Å². The average molecular weight is 304 g/mol. The third kappa shape index (κ3) is 4.71. The highest BCUT2D eigenvalue weighted by molar-refractivity contribution is 7.85. The number of benzene rings is 1. The van der Waals surface area contributed by atoms with Gasteiger partial charge in [0.15, 0.2) is 5.78 Å². The summed E-state index contributed by atoms with van der Waals surface area (Å²) >= 11 is 0. The molecule has 0 aliphatic carbocycles. The molecular weight excluding hydrogens is 291 g/mol. The molecule has 0 heterocycles. The van der Waals surface area contributed by atoms with Gasteiger partial charge >= 0.3 is 5.97 Å². The van der Waals surface area contributed by atoms with E-state index in [0.29, 0.717) is 0 Å². The minimum atomic E-state index is -4.40. The highest BCUT2D eigenvalue weighted by Crippen LogP contribution is 2.16. The van der Waals surface area contributed by atoms with E-state index in [4.69, 9.17) is 9.66 Å². The first-order valence-corrected chi connectivity index (χ1v) is 7.24. The van der Waals surface area contributed by atoms with Gasteiger partial charge in [-0.3, -0.25) is 13.7 Å². The van der Waals surface area contributed by atoms with Crippen molar-refractivity contribution >= 4 is 21.9 Å². The zero-order valence-corrected chi connectivity index (χ0v) is 11.1. The van der Waals surface area contributed by atoms with Crippen LogP contribution in [0.1, 0.15) is 27.1 Å². The molecule has 0 saturated carbocycles. The Morgan fingerprint density at radius 2 is 1.65 bits per heavy atom. The Kier molecular flexibility index (Phi) is 5.34. The van der Waals surface area contributed by atoms with Crippen LogP contribution in [-0.4, -0.2) is 42.3 Å². The Hall–Kier alpha value is -1.80. The van der Waals surface area contributed by atoms with Crippen LogP contribution >= 0.6 is 0 Å². The van der Waals surface area contributed by atoms with E-state index in [-0.39, 0.29) is 17.5 Å². The van der Waals surface area contributed by atoms with Crippen molar-refractivity contribution in [2.75, 3.05) is 12.4 Å². The van der Waals surface area contributed by atoms with Crippen LogP contribution in [0.2, 0.25) is 0 Å². The fourth-order valence-corrected chi connectivity index (χ4v) is 2.52. The second kappa shape index (κ2) is 6.58. The van der Waals surface area contributed by atoms with E-state index in [0.717, 1.165) is 0 Å². The Balaban J connectivity index is 2.97. The zero-order valence-electron chi connectivity index (χ0n) is 10.3. The first-order valence-electron chi connectivity index (χ1n) is 5.63. The maximum atomic E-state index is 12.4. The Labute approximate surface area is 115 Å². The van der Waals surface area contributed by atoms with Gasteiger partial charge in [0, 0.05) is 11.5 Å². The number of aromatic carboxylic acids is 1. The van der Waals surface area contributed by atoms with Crippen LogP contribution in [0, 0.1) is 5.92 Å². The lowest BCUT2D eigenvalue weighted by Gasteiger charge is -2.12. The third-order valence-electron chi connectivity index (χ3n) is 2.66. The molecule has 1 rings (SSSR count). The number of hydrogen-bond donors (Lipinski definition) is 2. The molecule has 1 aromatic rings. The summed E-state index contributed by atoms with van der Waals surface area (Å²) in [6.07, 6.45) is -0.334. The first kappa shape index (κ1) is 16.3. The Morgan fingerprint density at radius 1 is 1.15 bits per heavy atom. The number of alkyl halides is 1. The van der Waals surface area contributed by atoms with Gasteiger partial charge in [0.05, 0.1) is 18.0 Å². The first-order chi connectivity index (χ1) is 9.24. The summed E-state index contributed by atoms with van der Waals surface area (Å²) in [5, 5.41) is 8.71. The van der Waals surface area contributed by atoms with E-state index >= 15 is 0 Å². The van der Waals surface area contributed by atoms with Crippen LogP contribution in [0.15, 0.2) is 24.3 Å². The zero-order chi connectivity index (χ0) is 15.3. The van der Waals surface area contributed by atoms with Gasteiger partial charge in [-0.1, -0.05) is 12.1 Å². The molecule has 110 valence electrons. The number of carbonyl (C=O) groups is 2. The molecule has 1 unspecified atom stereocenters. The number of carboxylic acid groups (broad SMARTS) is 1. The van der Waals surface area contributed by atoms with Crippen molar-refractivity contribution in [2.24, 2.45) is 5.92 Å². The molecule has 8 heteroatoms. The normalized spacial score (nSPS) is 12.9. The van der Waals surface area contributed by atoms with Crippen molar-refractivity contribution in [3.05, 3.63) is 35.4 Å². The molecule has 0 aromatic heterocycles. The molecule has 0 aliphatic heterocycles. The highest BCUT2D eigenvalue weighted by Gasteiger charge is 2.25. The van der Waals surface area contributed by atoms with Crippen LogP contribution in [0.4, 0.5) is 4.39 Å². The van der Waals surface area contributed by atoms with Crippen LogP contribution < -0.4 is 0 Å². The lowest BCUT2D eigenvalue weighted by atomic mass is 9.96. The second-order valence-corrected chi connectivity index (χ2v) is 5.67. The summed E-state index contributed by atoms with van der Waals surface area (Å²) in [4.78, 5) is 22.7. The molecule has 2 N–H and O–H groups in total. The number of carbonyl (C=O) groups excluding carboxylic acids is 1. The van der Waals surface area contributed by atoms with Crippen LogP contribution in [0.5, 0.6) is 0 Å². The molecule has 0 saturated heterocycles. The van der Waals surface area contributed by atoms with E-state index in [9.17, 15) is 22.4 Å². The SMILES string of the molecule is O=C(O)c1ccc(C(=O)C(CCF)CS(=O)(=O)O)cc1. The van der Waals surface area contributed by atoms with Gasteiger partial charge in [0.25, 0.3) is 10.1 Å². The van der Waals surface area contributed by atoms with E-state index in [2.05, 4.69) is 0 Å². The maximum Gasteiger partial charge on any atom is 0.335 e. The van der Waals surface area contributed by atoms with Crippen molar-refractivity contribution in [1.82, 2.24) is 0 Å². The van der Waals surface area contributed by atoms with Gasteiger partial charge < -0.3 is 5.11 Å². The number of carboxylic acids is 1. The minimum absolute atomic E-state index is 0.0293. The van der Waals surface area contributed by atoms with E-state index < -0.39 is 40.2 Å². The summed E-state index contributed by atoms with van der Waals surface area (Å²) in [5.74, 6) is -3.89. The molecule has 0 bridgehead atoms. The molecule has 20 heavy (non-hydrogen) atoms. The average Bonchev–Trinajstić information content (AvgIpc) is 2.36. The van der Waals surface area contributed by atoms with Crippen molar-refractivity contribution in [3.8, 4) is 0 Å². The molecule has 0 aliphatic rings. The highest BCUT2D eigenvalue weighted by atomic mass is 32.2. The van der Waals surface area contributed by atoms with Crippen LogP contribution in [0.25, 0.3) is 0 Å². The van der Waals surface area contributed by atoms with Crippen molar-refractivity contribution in [3.63, 3.8) is 0 Å². The molecule has 0 radical (unpaired) electrons. The number of ketones is 1. The smallest absolute Gasteiger partial charge is 0.335 e. The summed E-state index contributed by atoms with van der Waals surface area (Å²) in [7, 11) is -4.40. The largest absolute Gasteiger partial charge is 0.478 e. The lowest BCUT2D eigenvalue weighted by Crippen LogP contribution is -2.24. The molecule has 0 amide bonds. The number of hydrogen-bond acceptors (Lipinski definition) is 4. The third-order valence-corrected chi connectivity index (χ3v) is 3.48. The van der Waals surface area contributed by atoms with Gasteiger partial charge in [-0.05, 0) is 18.6 Å². The van der Waals surface area contributed by atoms with Gasteiger partial charge in [-0.15, -0.1) is 0 Å². The van der Waals surface area contributed by atoms with Crippen LogP contribution in [0.3, 0.4) is 0 Å². The second-order valence-electron chi connectivity index (χ2n) is 4.17. The molecule has 6 nitrogen and oxygen atoms in total. The van der Waals surface area contributed by atoms with Gasteiger partial charge in [-0.2, -0.15) is 8.42 Å². The number of rotatable bonds is 7. The van der Waals surface area contributed by atoms with Gasteiger partial charge in [0.1, 0.15) is 0 Å². The summed E-state index contributed by atoms with van der Waals surface area (Å²) in [6, 6.07) is 4.83. The van der Waals surface area contributed by atoms with E-state index in [1.54, 1.807) is 0 Å². The monoisotopic (exact) mass is 304 g/mol. The Bertz CT molecular complexity index is 593. The standard InChI is InChI=1S/C12H13FO6S/c13-6-5-10(7-20(17,18)19)11(14)8-1-3-9(4-2-8)12(15)16/h1-4,10H,5-7H2,(H,15,16)(H,17,18,19). The van der Waals surface area contributed by atoms with Gasteiger partial charge in [-0.25, -0.2) is 4.79 Å². The van der Waals surface area contributed by atoms with Crippen LogP contribution in [-0.2, 0) is 10.1 Å². The predicted octanol–water partition coefficient (Wildman–Crippen LogP) is 1.43. The molecule has 0 spiro atoms. The lowest BCUT2D eigenvalue weighted by molar-refractivity contribution is 0.0696. The van der Waals surface area contributed by atoms with Crippen molar-refractivity contribution in [1.29, 1.82) is 0 Å². The number of halogens is 1. The summed E-state index contributed by atoms with van der Waals surface area (Å²) in [6.45, 7) is -0.904. The van der Waals surface area contributed by atoms with E-state index in [1.165, 1.54) is 24.3 Å². The number of Topliss-reactive ketones (excluding diaryl/α,β-unsaturated/α-hetero) is 1. The van der Waals surface area contributed by atoms with Crippen molar-refractivity contribution in [2.45, 2.75) is 6.42 Å². The van der Waals surface area contributed by atoms with Gasteiger partial charge in [0.2, 0.25) is 0 Å². The minimum Gasteiger partial charge on any atom is -0.478 e. The Morgan fingerprint density at radius 3 is 2.05 bits per heavy atom. The predicted molar refractivity (Wildman–Crippen MR) is 68.2 cm³/mol. The molecule has 1 atom stereocenters. The maximum absolute atomic E-state index is 12.4. The molecular formula is C12H13FO6S. The molecule has 0 fully saturated rings. The summed E-state index contributed by atoms with van der Waals surface area (Å²) in [5.41, 5.74) is 0.0375. The summed E-state index contributed by atoms with van der Waals surface area (Å²) < 4.78 is 42.7. The topological polar surface area (TPSA) is 109 Å². The fraction of sp³-hybridized carbons (Fsp3) is 0.333. The quantitative estimate of drug-likeness (QED) is 0.582. The fourth-order valence-electron chi connectivity index (χ4n) is 1.69. The molecule has 1 aromatic carbocycles. The van der Waals surface area contributed by atoms with E-state index in [1.807, 2.05) is 0 Å².